The number of hydrogen-bond acceptors (Lipinski definition) is 0. The van der Waals surface area contributed by atoms with Gasteiger partial charge in [-0.3, -0.25) is 0 Å². The molecule has 150 valence electrons. The van der Waals surface area contributed by atoms with Crippen molar-refractivity contribution in [3.05, 3.63) is 155 Å². The Bertz CT molecular complexity index is 1350. The first-order valence-corrected chi connectivity index (χ1v) is 11.4. The van der Waals surface area contributed by atoms with Gasteiger partial charge in [-0.1, -0.05) is 109 Å². The minimum absolute atomic E-state index is 0.288. The van der Waals surface area contributed by atoms with Crippen molar-refractivity contribution in [3.8, 4) is 22.3 Å². The highest BCUT2D eigenvalue weighted by Crippen LogP contribution is 2.55. The normalized spacial score (nSPS) is 17.4. The molecule has 0 aliphatic heterocycles. The summed E-state index contributed by atoms with van der Waals surface area (Å²) >= 11 is 0. The summed E-state index contributed by atoms with van der Waals surface area (Å²) < 4.78 is 0. The molecule has 2 aliphatic rings. The van der Waals surface area contributed by atoms with E-state index in [1.54, 1.807) is 0 Å². The van der Waals surface area contributed by atoms with Crippen molar-refractivity contribution >= 4 is 0 Å². The fourth-order valence-electron chi connectivity index (χ4n) is 5.91. The smallest absolute Gasteiger partial charge is 0.0352 e. The van der Waals surface area contributed by atoms with Crippen LogP contribution in [0.25, 0.3) is 22.3 Å². The molecule has 0 heterocycles. The quantitative estimate of drug-likeness (QED) is 0.273. The van der Waals surface area contributed by atoms with Crippen LogP contribution in [0.3, 0.4) is 0 Å². The van der Waals surface area contributed by atoms with Gasteiger partial charge >= 0.3 is 0 Å². The standard InChI is InChI=1S/C32H22/c1-3-11-21(12-4-1)31-25-17-9-7-15-23(25)27-20-30-28(19-29(27)31)24-16-8-10-18-26(24)32(30)22-13-5-2-6-14-22/h1-20,31-32H. The Kier molecular flexibility index (Phi) is 3.77. The zero-order chi connectivity index (χ0) is 21.1. The van der Waals surface area contributed by atoms with Crippen molar-refractivity contribution < 1.29 is 0 Å². The zero-order valence-corrected chi connectivity index (χ0v) is 17.7. The Morgan fingerprint density at radius 1 is 0.312 bits per heavy atom. The van der Waals surface area contributed by atoms with E-state index in [1.165, 1.54) is 55.6 Å². The molecule has 0 nitrogen and oxygen atoms in total. The molecule has 5 aromatic carbocycles. The Balaban J connectivity index is 1.52. The summed E-state index contributed by atoms with van der Waals surface area (Å²) in [5.41, 5.74) is 14.0. The summed E-state index contributed by atoms with van der Waals surface area (Å²) in [5.74, 6) is 0.575. The molecule has 0 amide bonds. The second-order valence-electron chi connectivity index (χ2n) is 8.89. The largest absolute Gasteiger partial charge is 0.0622 e. The molecule has 0 radical (unpaired) electrons. The number of rotatable bonds is 2. The lowest BCUT2D eigenvalue weighted by molar-refractivity contribution is 1.00. The van der Waals surface area contributed by atoms with Crippen molar-refractivity contribution in [1.29, 1.82) is 0 Å². The van der Waals surface area contributed by atoms with Crippen molar-refractivity contribution in [3.63, 3.8) is 0 Å². The van der Waals surface area contributed by atoms with Gasteiger partial charge in [-0.05, 0) is 67.8 Å². The summed E-state index contributed by atoms with van der Waals surface area (Å²) in [6.07, 6.45) is 0. The molecule has 32 heavy (non-hydrogen) atoms. The molecule has 2 unspecified atom stereocenters. The van der Waals surface area contributed by atoms with Crippen LogP contribution in [0, 0.1) is 0 Å². The van der Waals surface area contributed by atoms with Gasteiger partial charge in [0, 0.05) is 11.8 Å². The van der Waals surface area contributed by atoms with E-state index in [0.29, 0.717) is 0 Å². The molecule has 0 heteroatoms. The molecule has 0 fully saturated rings. The molecular formula is C32H22. The van der Waals surface area contributed by atoms with Crippen LogP contribution in [-0.4, -0.2) is 0 Å². The monoisotopic (exact) mass is 406 g/mol. The molecule has 0 N–H and O–H groups in total. The topological polar surface area (TPSA) is 0 Å². The molecular weight excluding hydrogens is 384 g/mol. The predicted molar refractivity (Wildman–Crippen MR) is 132 cm³/mol. The van der Waals surface area contributed by atoms with E-state index in [1.807, 2.05) is 0 Å². The van der Waals surface area contributed by atoms with Crippen molar-refractivity contribution in [1.82, 2.24) is 0 Å². The van der Waals surface area contributed by atoms with Crippen LogP contribution in [0.1, 0.15) is 45.2 Å². The summed E-state index contributed by atoms with van der Waals surface area (Å²) in [4.78, 5) is 0. The number of benzene rings is 5. The molecule has 0 bridgehead atoms. The van der Waals surface area contributed by atoms with Crippen molar-refractivity contribution in [2.75, 3.05) is 0 Å². The second kappa shape index (κ2) is 6.80. The molecule has 5 aromatic rings. The van der Waals surface area contributed by atoms with Gasteiger partial charge in [0.1, 0.15) is 0 Å². The highest BCUT2D eigenvalue weighted by atomic mass is 14.4. The van der Waals surface area contributed by atoms with E-state index in [-0.39, 0.29) is 11.8 Å². The van der Waals surface area contributed by atoms with E-state index in [9.17, 15) is 0 Å². The minimum Gasteiger partial charge on any atom is -0.0622 e. The summed E-state index contributed by atoms with van der Waals surface area (Å²) in [6, 6.07) is 44.8. The van der Waals surface area contributed by atoms with Crippen LogP contribution in [-0.2, 0) is 0 Å². The molecule has 2 atom stereocenters. The molecule has 0 spiro atoms. The van der Waals surface area contributed by atoms with Gasteiger partial charge in [0.05, 0.1) is 0 Å². The SMILES string of the molecule is c1ccc(C2c3ccccc3-c3cc4c(cc32)-c2ccccc2C4c2ccccc2)cc1. The Morgan fingerprint density at radius 2 is 0.688 bits per heavy atom. The van der Waals surface area contributed by atoms with Crippen LogP contribution in [0.2, 0.25) is 0 Å². The van der Waals surface area contributed by atoms with E-state index >= 15 is 0 Å². The lowest BCUT2D eigenvalue weighted by Crippen LogP contribution is -2.01. The van der Waals surface area contributed by atoms with E-state index < -0.39 is 0 Å². The maximum Gasteiger partial charge on any atom is 0.0352 e. The minimum atomic E-state index is 0.288. The molecule has 0 saturated heterocycles. The first-order chi connectivity index (χ1) is 15.9. The van der Waals surface area contributed by atoms with Gasteiger partial charge in [0.25, 0.3) is 0 Å². The van der Waals surface area contributed by atoms with Gasteiger partial charge in [-0.15, -0.1) is 0 Å². The first kappa shape index (κ1) is 17.7. The Hall–Kier alpha value is -3.90. The third-order valence-electron chi connectivity index (χ3n) is 7.23. The third kappa shape index (κ3) is 2.44. The van der Waals surface area contributed by atoms with Crippen LogP contribution >= 0.6 is 0 Å². The average molecular weight is 407 g/mol. The molecule has 0 aromatic heterocycles. The van der Waals surface area contributed by atoms with Gasteiger partial charge in [-0.25, -0.2) is 0 Å². The van der Waals surface area contributed by atoms with Crippen LogP contribution < -0.4 is 0 Å². The van der Waals surface area contributed by atoms with Crippen molar-refractivity contribution in [2.45, 2.75) is 11.8 Å². The summed E-state index contributed by atoms with van der Waals surface area (Å²) in [6.45, 7) is 0. The van der Waals surface area contributed by atoms with Gasteiger partial charge in [0.2, 0.25) is 0 Å². The van der Waals surface area contributed by atoms with Crippen LogP contribution in [0.15, 0.2) is 121 Å². The fourth-order valence-corrected chi connectivity index (χ4v) is 5.91. The lowest BCUT2D eigenvalue weighted by atomic mass is 9.86. The van der Waals surface area contributed by atoms with E-state index in [4.69, 9.17) is 0 Å². The maximum absolute atomic E-state index is 2.49. The van der Waals surface area contributed by atoms with Crippen LogP contribution in [0.4, 0.5) is 0 Å². The van der Waals surface area contributed by atoms with E-state index in [2.05, 4.69) is 121 Å². The third-order valence-corrected chi connectivity index (χ3v) is 7.23. The Morgan fingerprint density at radius 3 is 1.12 bits per heavy atom. The predicted octanol–water partition coefficient (Wildman–Crippen LogP) is 8.01. The Labute approximate surface area is 188 Å². The van der Waals surface area contributed by atoms with Gasteiger partial charge < -0.3 is 0 Å². The van der Waals surface area contributed by atoms with Crippen LogP contribution in [0.5, 0.6) is 0 Å². The van der Waals surface area contributed by atoms with Crippen molar-refractivity contribution in [2.24, 2.45) is 0 Å². The molecule has 7 rings (SSSR count). The lowest BCUT2D eigenvalue weighted by Gasteiger charge is -2.17. The number of fused-ring (bicyclic) bond motifs is 6. The summed E-state index contributed by atoms with van der Waals surface area (Å²) in [5, 5.41) is 0. The fraction of sp³-hybridized carbons (Fsp3) is 0.0625. The molecule has 0 saturated carbocycles. The highest BCUT2D eigenvalue weighted by Gasteiger charge is 2.35. The average Bonchev–Trinajstić information content (AvgIpc) is 3.36. The van der Waals surface area contributed by atoms with Gasteiger partial charge in [-0.2, -0.15) is 0 Å². The molecule has 2 aliphatic carbocycles. The second-order valence-corrected chi connectivity index (χ2v) is 8.89. The van der Waals surface area contributed by atoms with E-state index in [0.717, 1.165) is 0 Å². The highest BCUT2D eigenvalue weighted by molar-refractivity contribution is 5.89. The zero-order valence-electron chi connectivity index (χ0n) is 17.7. The maximum atomic E-state index is 2.49. The summed E-state index contributed by atoms with van der Waals surface area (Å²) in [7, 11) is 0. The first-order valence-electron chi connectivity index (χ1n) is 11.4. The van der Waals surface area contributed by atoms with Gasteiger partial charge in [0.15, 0.2) is 0 Å². The number of hydrogen-bond donors (Lipinski definition) is 0.